The van der Waals surface area contributed by atoms with Crippen molar-refractivity contribution in [1.82, 2.24) is 19.9 Å². The van der Waals surface area contributed by atoms with Crippen molar-refractivity contribution in [2.45, 2.75) is 13.0 Å². The van der Waals surface area contributed by atoms with E-state index in [0.717, 1.165) is 44.7 Å². The highest BCUT2D eigenvalue weighted by molar-refractivity contribution is 6.02. The maximum atomic E-state index is 9.31. The molecule has 0 amide bonds. The highest BCUT2D eigenvalue weighted by Crippen LogP contribution is 2.34. The van der Waals surface area contributed by atoms with E-state index in [-0.39, 0.29) is 6.61 Å². The monoisotopic (exact) mass is 433 g/mol. The van der Waals surface area contributed by atoms with E-state index < -0.39 is 0 Å². The van der Waals surface area contributed by atoms with Gasteiger partial charge in [-0.05, 0) is 47.4 Å². The summed E-state index contributed by atoms with van der Waals surface area (Å²) < 4.78 is 0. The number of hydrogen-bond donors (Lipinski definition) is 2. The minimum absolute atomic E-state index is 0.0705. The fourth-order valence-electron chi connectivity index (χ4n) is 3.85. The second-order valence-corrected chi connectivity index (χ2v) is 7.69. The van der Waals surface area contributed by atoms with Crippen LogP contribution in [0.25, 0.3) is 33.4 Å². The number of benzene rings is 2. The zero-order valence-electron chi connectivity index (χ0n) is 18.0. The van der Waals surface area contributed by atoms with Crippen molar-refractivity contribution in [3.63, 3.8) is 0 Å². The van der Waals surface area contributed by atoms with Crippen molar-refractivity contribution in [3.05, 3.63) is 103 Å². The lowest BCUT2D eigenvalue weighted by molar-refractivity contribution is 0.299. The molecule has 0 atom stereocenters. The number of aromatic nitrogens is 4. The second-order valence-electron chi connectivity index (χ2n) is 7.69. The Hall–Kier alpha value is -4.16. The molecule has 3 heterocycles. The van der Waals surface area contributed by atoms with Gasteiger partial charge in [-0.15, -0.1) is 0 Å². The summed E-state index contributed by atoms with van der Waals surface area (Å²) in [5.74, 6) is 1.33. The van der Waals surface area contributed by atoms with Gasteiger partial charge in [0.25, 0.3) is 0 Å². The van der Waals surface area contributed by atoms with Crippen molar-refractivity contribution in [2.24, 2.45) is 0 Å². The Morgan fingerprint density at radius 2 is 1.70 bits per heavy atom. The van der Waals surface area contributed by atoms with Crippen molar-refractivity contribution in [2.75, 3.05) is 11.9 Å². The number of aliphatic hydroxyl groups is 1. The van der Waals surface area contributed by atoms with Gasteiger partial charge in [-0.3, -0.25) is 9.97 Å². The number of anilines is 1. The number of pyridine rings is 2. The third kappa shape index (κ3) is 4.56. The molecule has 33 heavy (non-hydrogen) atoms. The number of nitrogens with one attached hydrogen (secondary N) is 1. The normalized spacial score (nSPS) is 10.9. The van der Waals surface area contributed by atoms with Crippen LogP contribution in [0.3, 0.4) is 0 Å². The number of aliphatic hydroxyl groups excluding tert-OH is 1. The summed E-state index contributed by atoms with van der Waals surface area (Å²) in [5, 5.41) is 13.8. The van der Waals surface area contributed by atoms with Gasteiger partial charge in [-0.1, -0.05) is 48.5 Å². The smallest absolute Gasteiger partial charge is 0.163 e. The molecule has 0 spiro atoms. The van der Waals surface area contributed by atoms with Gasteiger partial charge < -0.3 is 10.4 Å². The fraction of sp³-hybridized carbons (Fsp3) is 0.111. The summed E-state index contributed by atoms with van der Waals surface area (Å²) in [7, 11) is 0. The third-order valence-electron chi connectivity index (χ3n) is 5.42. The van der Waals surface area contributed by atoms with Crippen LogP contribution in [0.4, 0.5) is 5.82 Å². The fourth-order valence-corrected chi connectivity index (χ4v) is 3.85. The maximum absolute atomic E-state index is 9.31. The molecule has 0 saturated carbocycles. The highest BCUT2D eigenvalue weighted by Gasteiger charge is 2.15. The Morgan fingerprint density at radius 3 is 2.52 bits per heavy atom. The molecular weight excluding hydrogens is 410 g/mol. The van der Waals surface area contributed by atoms with Crippen LogP contribution in [0.5, 0.6) is 0 Å². The van der Waals surface area contributed by atoms with Gasteiger partial charge >= 0.3 is 0 Å². The predicted octanol–water partition coefficient (Wildman–Crippen LogP) is 4.90. The van der Waals surface area contributed by atoms with Crippen molar-refractivity contribution < 1.29 is 5.11 Å². The first-order chi connectivity index (χ1) is 16.3. The maximum Gasteiger partial charge on any atom is 0.163 e. The van der Waals surface area contributed by atoms with Gasteiger partial charge in [0.05, 0.1) is 23.1 Å². The van der Waals surface area contributed by atoms with Gasteiger partial charge in [0.2, 0.25) is 0 Å². The largest absolute Gasteiger partial charge is 0.396 e. The van der Waals surface area contributed by atoms with Crippen LogP contribution in [-0.2, 0) is 13.0 Å². The number of fused-ring (bicyclic) bond motifs is 1. The van der Waals surface area contributed by atoms with Crippen molar-refractivity contribution in [3.8, 4) is 22.5 Å². The van der Waals surface area contributed by atoms with E-state index in [2.05, 4.69) is 33.5 Å². The zero-order valence-corrected chi connectivity index (χ0v) is 18.0. The Kier molecular flexibility index (Phi) is 5.99. The quantitative estimate of drug-likeness (QED) is 0.380. The lowest BCUT2D eigenvalue weighted by Gasteiger charge is -2.14. The summed E-state index contributed by atoms with van der Waals surface area (Å²) in [4.78, 5) is 18.6. The van der Waals surface area contributed by atoms with Gasteiger partial charge in [-0.2, -0.15) is 0 Å². The number of rotatable bonds is 7. The van der Waals surface area contributed by atoms with E-state index in [1.165, 1.54) is 0 Å². The van der Waals surface area contributed by atoms with Crippen molar-refractivity contribution >= 4 is 16.7 Å². The SMILES string of the molecule is OCCc1cncc(-c2nc(NCc3ccccn3)c3c(-c4ccccc4)cccc3n2)c1. The molecule has 0 unspecified atom stereocenters. The number of hydrogen-bond acceptors (Lipinski definition) is 6. The minimum atomic E-state index is 0.0705. The van der Waals surface area contributed by atoms with Crippen LogP contribution in [0, 0.1) is 0 Å². The first-order valence-corrected chi connectivity index (χ1v) is 10.9. The Morgan fingerprint density at radius 1 is 0.818 bits per heavy atom. The molecule has 5 rings (SSSR count). The first-order valence-electron chi connectivity index (χ1n) is 10.9. The molecule has 3 aromatic heterocycles. The molecule has 6 heteroatoms. The van der Waals surface area contributed by atoms with Gasteiger partial charge in [0.15, 0.2) is 5.82 Å². The molecule has 0 fully saturated rings. The standard InChI is InChI=1S/C27H23N5O/c33-14-12-19-15-21(17-28-16-19)26-31-24-11-6-10-23(20-7-2-1-3-8-20)25(24)27(32-26)30-18-22-9-4-5-13-29-22/h1-11,13,15-17,33H,12,14,18H2,(H,30,31,32). The molecule has 0 aliphatic heterocycles. The minimum Gasteiger partial charge on any atom is -0.396 e. The molecule has 2 N–H and O–H groups in total. The molecular formula is C27H23N5O. The lowest BCUT2D eigenvalue weighted by atomic mass is 10.0. The summed E-state index contributed by atoms with van der Waals surface area (Å²) in [5.41, 5.74) is 5.70. The van der Waals surface area contributed by atoms with E-state index >= 15 is 0 Å². The Bertz CT molecular complexity index is 1370. The van der Waals surface area contributed by atoms with Crippen LogP contribution < -0.4 is 5.32 Å². The number of nitrogens with zero attached hydrogens (tertiary/aromatic N) is 4. The summed E-state index contributed by atoms with van der Waals surface area (Å²) in [6, 6.07) is 24.2. The molecule has 2 aromatic carbocycles. The lowest BCUT2D eigenvalue weighted by Crippen LogP contribution is -2.06. The summed E-state index contributed by atoms with van der Waals surface area (Å²) in [6.07, 6.45) is 5.84. The third-order valence-corrected chi connectivity index (χ3v) is 5.42. The average Bonchev–Trinajstić information content (AvgIpc) is 2.88. The van der Waals surface area contributed by atoms with E-state index in [9.17, 15) is 5.11 Å². The van der Waals surface area contributed by atoms with E-state index in [1.54, 1.807) is 18.6 Å². The molecule has 0 aliphatic rings. The van der Waals surface area contributed by atoms with Gasteiger partial charge in [-0.25, -0.2) is 9.97 Å². The van der Waals surface area contributed by atoms with E-state index in [1.807, 2.05) is 54.6 Å². The first kappa shape index (κ1) is 20.7. The van der Waals surface area contributed by atoms with Crippen LogP contribution in [0.2, 0.25) is 0 Å². The molecule has 5 aromatic rings. The van der Waals surface area contributed by atoms with Crippen LogP contribution in [0.1, 0.15) is 11.3 Å². The Balaban J connectivity index is 1.66. The van der Waals surface area contributed by atoms with Crippen molar-refractivity contribution in [1.29, 1.82) is 0 Å². The molecule has 162 valence electrons. The highest BCUT2D eigenvalue weighted by atomic mass is 16.2. The molecule has 0 saturated heterocycles. The summed E-state index contributed by atoms with van der Waals surface area (Å²) in [6.45, 7) is 0.610. The van der Waals surface area contributed by atoms with E-state index in [0.29, 0.717) is 18.8 Å². The van der Waals surface area contributed by atoms with Crippen LogP contribution >= 0.6 is 0 Å². The predicted molar refractivity (Wildman–Crippen MR) is 131 cm³/mol. The molecule has 0 bridgehead atoms. The topological polar surface area (TPSA) is 83.8 Å². The van der Waals surface area contributed by atoms with Crippen LogP contribution in [0.15, 0.2) is 91.4 Å². The van der Waals surface area contributed by atoms with Gasteiger partial charge in [0.1, 0.15) is 5.82 Å². The molecule has 6 nitrogen and oxygen atoms in total. The second kappa shape index (κ2) is 9.54. The summed E-state index contributed by atoms with van der Waals surface area (Å²) >= 11 is 0. The van der Waals surface area contributed by atoms with E-state index in [4.69, 9.17) is 9.97 Å². The Labute approximate surface area is 192 Å². The molecule has 0 radical (unpaired) electrons. The zero-order chi connectivity index (χ0) is 22.5. The molecule has 0 aliphatic carbocycles. The van der Waals surface area contributed by atoms with Gasteiger partial charge in [0, 0.05) is 30.8 Å². The average molecular weight is 434 g/mol. The van der Waals surface area contributed by atoms with Crippen LogP contribution in [-0.4, -0.2) is 31.6 Å².